The smallest absolute Gasteiger partial charge is 0.238 e. The summed E-state index contributed by atoms with van der Waals surface area (Å²) < 4.78 is 5.39. The normalized spacial score (nSPS) is 12.2. The van der Waals surface area contributed by atoms with Crippen LogP contribution in [-0.4, -0.2) is 17.4 Å². The van der Waals surface area contributed by atoms with Crippen molar-refractivity contribution in [1.29, 1.82) is 0 Å². The molecule has 2 N–H and O–H groups in total. The fraction of sp³-hybridized carbons (Fsp3) is 0.286. The van der Waals surface area contributed by atoms with Crippen molar-refractivity contribution in [1.82, 2.24) is 10.3 Å². The highest BCUT2D eigenvalue weighted by atomic mass is 35.5. The molecule has 1 aromatic heterocycles. The van der Waals surface area contributed by atoms with Crippen molar-refractivity contribution in [2.75, 3.05) is 11.9 Å². The minimum absolute atomic E-state index is 0.0874. The second-order valence-corrected chi connectivity index (χ2v) is 5.37. The third kappa shape index (κ3) is 4.20. The molecule has 0 spiro atoms. The Balaban J connectivity index is 1.90. The summed E-state index contributed by atoms with van der Waals surface area (Å²) in [7, 11) is 0. The lowest BCUT2D eigenvalue weighted by atomic mass is 10.3. The lowest BCUT2D eigenvalue weighted by Gasteiger charge is -2.12. The number of carbonyl (C=O) groups is 1. The third-order valence-electron chi connectivity index (χ3n) is 2.81. The summed E-state index contributed by atoms with van der Waals surface area (Å²) in [6, 6.07) is 4.86. The second-order valence-electron chi connectivity index (χ2n) is 4.56. The molecule has 0 fully saturated rings. The average molecular weight is 328 g/mol. The second kappa shape index (κ2) is 6.93. The van der Waals surface area contributed by atoms with Gasteiger partial charge in [-0.1, -0.05) is 29.3 Å². The summed E-state index contributed by atoms with van der Waals surface area (Å²) in [6.45, 7) is 3.76. The van der Waals surface area contributed by atoms with E-state index in [4.69, 9.17) is 27.6 Å². The number of amides is 1. The zero-order valence-corrected chi connectivity index (χ0v) is 13.1. The Hall–Kier alpha value is -1.56. The van der Waals surface area contributed by atoms with Crippen LogP contribution in [0.25, 0.3) is 0 Å². The minimum Gasteiger partial charge on any atom is -0.444 e. The number of oxazole rings is 1. The molecule has 0 aliphatic heterocycles. The van der Waals surface area contributed by atoms with Gasteiger partial charge in [0.1, 0.15) is 5.76 Å². The largest absolute Gasteiger partial charge is 0.444 e. The van der Waals surface area contributed by atoms with E-state index in [1.807, 2.05) is 13.8 Å². The van der Waals surface area contributed by atoms with E-state index in [-0.39, 0.29) is 18.5 Å². The standard InChI is InChI=1S/C14H15Cl2N3O2/c1-8-6-18-14(21-8)9(2)17-7-12(20)19-13-10(15)4-3-5-11(13)16/h3-6,9,17H,7H2,1-2H3,(H,19,20). The molecule has 0 saturated heterocycles. The Bertz CT molecular complexity index is 623. The van der Waals surface area contributed by atoms with Crippen LogP contribution in [0.4, 0.5) is 5.69 Å². The molecule has 1 amide bonds. The Morgan fingerprint density at radius 1 is 1.38 bits per heavy atom. The van der Waals surface area contributed by atoms with Gasteiger partial charge in [-0.05, 0) is 26.0 Å². The van der Waals surface area contributed by atoms with Crippen LogP contribution in [-0.2, 0) is 4.79 Å². The molecule has 7 heteroatoms. The first-order valence-electron chi connectivity index (χ1n) is 6.37. The van der Waals surface area contributed by atoms with Crippen LogP contribution in [0.5, 0.6) is 0 Å². The summed E-state index contributed by atoms with van der Waals surface area (Å²) in [5, 5.41) is 6.48. The number of benzene rings is 1. The summed E-state index contributed by atoms with van der Waals surface area (Å²) in [4.78, 5) is 16.0. The van der Waals surface area contributed by atoms with Gasteiger partial charge in [-0.3, -0.25) is 10.1 Å². The molecule has 1 aromatic carbocycles. The molecular weight excluding hydrogens is 313 g/mol. The van der Waals surface area contributed by atoms with Crippen LogP contribution < -0.4 is 10.6 Å². The molecule has 5 nitrogen and oxygen atoms in total. The van der Waals surface area contributed by atoms with Gasteiger partial charge in [-0.2, -0.15) is 0 Å². The van der Waals surface area contributed by atoms with E-state index in [1.165, 1.54) is 0 Å². The molecule has 2 rings (SSSR count). The molecule has 21 heavy (non-hydrogen) atoms. The Kier molecular flexibility index (Phi) is 5.22. The number of hydrogen-bond acceptors (Lipinski definition) is 4. The average Bonchev–Trinajstić information content (AvgIpc) is 2.87. The van der Waals surface area contributed by atoms with Crippen LogP contribution in [0.2, 0.25) is 10.0 Å². The predicted octanol–water partition coefficient (Wildman–Crippen LogP) is 3.58. The molecule has 0 aliphatic carbocycles. The first-order valence-corrected chi connectivity index (χ1v) is 7.12. The number of rotatable bonds is 5. The van der Waals surface area contributed by atoms with Gasteiger partial charge >= 0.3 is 0 Å². The number of halogens is 2. The highest BCUT2D eigenvalue weighted by molar-refractivity contribution is 6.39. The van der Waals surface area contributed by atoms with Crippen molar-refractivity contribution in [2.45, 2.75) is 19.9 Å². The minimum atomic E-state index is -0.250. The maximum Gasteiger partial charge on any atom is 0.238 e. The quantitative estimate of drug-likeness (QED) is 0.880. The molecule has 0 saturated carbocycles. The van der Waals surface area contributed by atoms with Crippen LogP contribution in [0, 0.1) is 6.92 Å². The highest BCUT2D eigenvalue weighted by Crippen LogP contribution is 2.29. The molecule has 0 bridgehead atoms. The number of aromatic nitrogens is 1. The van der Waals surface area contributed by atoms with Gasteiger partial charge in [0.05, 0.1) is 34.5 Å². The van der Waals surface area contributed by atoms with Crippen molar-refractivity contribution in [2.24, 2.45) is 0 Å². The van der Waals surface area contributed by atoms with Gasteiger partial charge in [-0.15, -0.1) is 0 Å². The zero-order chi connectivity index (χ0) is 15.4. The lowest BCUT2D eigenvalue weighted by Crippen LogP contribution is -2.30. The predicted molar refractivity (Wildman–Crippen MR) is 82.7 cm³/mol. The number of nitrogens with zero attached hydrogens (tertiary/aromatic N) is 1. The number of hydrogen-bond donors (Lipinski definition) is 2. The van der Waals surface area contributed by atoms with Gasteiger partial charge < -0.3 is 9.73 Å². The maximum atomic E-state index is 11.9. The van der Waals surface area contributed by atoms with Crippen LogP contribution in [0.3, 0.4) is 0 Å². The molecule has 0 aliphatic rings. The number of carbonyl (C=O) groups excluding carboxylic acids is 1. The van der Waals surface area contributed by atoms with Crippen LogP contribution in [0.1, 0.15) is 24.6 Å². The van der Waals surface area contributed by atoms with E-state index in [2.05, 4.69) is 15.6 Å². The molecule has 1 heterocycles. The molecule has 112 valence electrons. The van der Waals surface area contributed by atoms with Gasteiger partial charge in [0, 0.05) is 0 Å². The summed E-state index contributed by atoms with van der Waals surface area (Å²) in [6.07, 6.45) is 1.64. The fourth-order valence-electron chi connectivity index (χ4n) is 1.71. The number of nitrogens with one attached hydrogen (secondary N) is 2. The zero-order valence-electron chi connectivity index (χ0n) is 11.6. The first kappa shape index (κ1) is 15.8. The van der Waals surface area contributed by atoms with E-state index >= 15 is 0 Å². The SMILES string of the molecule is Cc1cnc(C(C)NCC(=O)Nc2c(Cl)cccc2Cl)o1. The summed E-state index contributed by atoms with van der Waals surface area (Å²) in [5.74, 6) is 1.02. The summed E-state index contributed by atoms with van der Waals surface area (Å²) >= 11 is 12.0. The van der Waals surface area contributed by atoms with E-state index in [0.29, 0.717) is 21.6 Å². The van der Waals surface area contributed by atoms with Crippen molar-refractivity contribution >= 4 is 34.8 Å². The van der Waals surface area contributed by atoms with Crippen molar-refractivity contribution < 1.29 is 9.21 Å². The number of anilines is 1. The topological polar surface area (TPSA) is 67.2 Å². The van der Waals surface area contributed by atoms with Crippen molar-refractivity contribution in [3.63, 3.8) is 0 Å². The first-order chi connectivity index (χ1) is 9.97. The van der Waals surface area contributed by atoms with Gasteiger partial charge in [0.25, 0.3) is 0 Å². The van der Waals surface area contributed by atoms with Gasteiger partial charge in [-0.25, -0.2) is 4.98 Å². The van der Waals surface area contributed by atoms with Gasteiger partial charge in [0.15, 0.2) is 0 Å². The highest BCUT2D eigenvalue weighted by Gasteiger charge is 2.14. The molecule has 1 atom stereocenters. The summed E-state index contributed by atoms with van der Waals surface area (Å²) in [5.41, 5.74) is 0.409. The lowest BCUT2D eigenvalue weighted by molar-refractivity contribution is -0.115. The van der Waals surface area contributed by atoms with Crippen molar-refractivity contribution in [3.8, 4) is 0 Å². The molecule has 2 aromatic rings. The van der Waals surface area contributed by atoms with E-state index in [1.54, 1.807) is 24.4 Å². The van der Waals surface area contributed by atoms with E-state index in [0.717, 1.165) is 5.76 Å². The number of aryl methyl sites for hydroxylation is 1. The Labute approximate surface area is 132 Å². The maximum absolute atomic E-state index is 11.9. The Morgan fingerprint density at radius 3 is 2.62 bits per heavy atom. The van der Waals surface area contributed by atoms with E-state index < -0.39 is 0 Å². The van der Waals surface area contributed by atoms with Gasteiger partial charge in [0.2, 0.25) is 11.8 Å². The fourth-order valence-corrected chi connectivity index (χ4v) is 2.20. The Morgan fingerprint density at radius 2 is 2.05 bits per heavy atom. The van der Waals surface area contributed by atoms with E-state index in [9.17, 15) is 4.79 Å². The van der Waals surface area contributed by atoms with Crippen LogP contribution in [0.15, 0.2) is 28.8 Å². The van der Waals surface area contributed by atoms with Crippen molar-refractivity contribution in [3.05, 3.63) is 46.1 Å². The third-order valence-corrected chi connectivity index (χ3v) is 3.44. The van der Waals surface area contributed by atoms with Crippen LogP contribution >= 0.6 is 23.2 Å². The molecule has 0 radical (unpaired) electrons. The number of para-hydroxylation sites is 1. The monoisotopic (exact) mass is 327 g/mol. The molecular formula is C14H15Cl2N3O2. The molecule has 1 unspecified atom stereocenters.